The van der Waals surface area contributed by atoms with Crippen LogP contribution in [0, 0.1) is 17.3 Å². The van der Waals surface area contributed by atoms with Crippen molar-refractivity contribution in [3.63, 3.8) is 0 Å². The third-order valence-electron chi connectivity index (χ3n) is 6.58. The van der Waals surface area contributed by atoms with Gasteiger partial charge in [0.05, 0.1) is 5.69 Å². The standard InChI is InChI=1S/C18H23NO2/c1-18-7-6-11-12(14(18)4-5-17(18)21)3-2-10-8-16(20)15(19)9-13(10)11/h8-9,11-12,14,20H,2-7,19H2,1H3/t11?,12?,14?,18-/m0/s1. The molecule has 21 heavy (non-hydrogen) atoms. The van der Waals surface area contributed by atoms with E-state index in [1.54, 1.807) is 0 Å². The first-order valence-corrected chi connectivity index (χ1v) is 8.15. The molecule has 0 aliphatic heterocycles. The number of nitrogen functional groups attached to an aromatic ring is 1. The molecular formula is C18H23NO2. The zero-order chi connectivity index (χ0) is 14.8. The topological polar surface area (TPSA) is 63.3 Å². The van der Waals surface area contributed by atoms with Crippen molar-refractivity contribution in [1.82, 2.24) is 0 Å². The van der Waals surface area contributed by atoms with Gasteiger partial charge in [-0.15, -0.1) is 0 Å². The van der Waals surface area contributed by atoms with E-state index in [1.165, 1.54) is 11.1 Å². The smallest absolute Gasteiger partial charge is 0.139 e. The van der Waals surface area contributed by atoms with Gasteiger partial charge < -0.3 is 10.8 Å². The van der Waals surface area contributed by atoms with Crippen molar-refractivity contribution in [2.24, 2.45) is 17.3 Å². The average molecular weight is 285 g/mol. The number of aryl methyl sites for hydroxylation is 1. The van der Waals surface area contributed by atoms with Gasteiger partial charge in [0.25, 0.3) is 0 Å². The Hall–Kier alpha value is -1.51. The Labute approximate surface area is 125 Å². The summed E-state index contributed by atoms with van der Waals surface area (Å²) in [5.74, 6) is 2.39. The Kier molecular flexibility index (Phi) is 2.66. The summed E-state index contributed by atoms with van der Waals surface area (Å²) in [5, 5.41) is 9.83. The van der Waals surface area contributed by atoms with Crippen LogP contribution in [-0.4, -0.2) is 10.9 Å². The molecule has 3 unspecified atom stereocenters. The van der Waals surface area contributed by atoms with E-state index in [9.17, 15) is 9.90 Å². The van der Waals surface area contributed by atoms with Crippen molar-refractivity contribution >= 4 is 11.5 Å². The molecule has 4 atom stereocenters. The van der Waals surface area contributed by atoms with Gasteiger partial charge in [-0.25, -0.2) is 0 Å². The van der Waals surface area contributed by atoms with Crippen molar-refractivity contribution < 1.29 is 9.90 Å². The minimum atomic E-state index is -0.0683. The number of carbonyl (C=O) groups excluding carboxylic acids is 1. The summed E-state index contributed by atoms with van der Waals surface area (Å²) in [6, 6.07) is 3.84. The maximum atomic E-state index is 12.3. The molecule has 4 rings (SSSR count). The Morgan fingerprint density at radius 3 is 2.86 bits per heavy atom. The van der Waals surface area contributed by atoms with Crippen molar-refractivity contribution in [1.29, 1.82) is 0 Å². The zero-order valence-electron chi connectivity index (χ0n) is 12.6. The minimum Gasteiger partial charge on any atom is -0.506 e. The summed E-state index contributed by atoms with van der Waals surface area (Å²) in [5.41, 5.74) is 8.94. The van der Waals surface area contributed by atoms with Gasteiger partial charge in [-0.3, -0.25) is 4.79 Å². The normalized spacial score (nSPS) is 37.8. The lowest BCUT2D eigenvalue weighted by Crippen LogP contribution is -2.42. The third kappa shape index (κ3) is 1.69. The molecule has 3 heteroatoms. The zero-order valence-corrected chi connectivity index (χ0v) is 12.6. The number of fused-ring (bicyclic) bond motifs is 5. The maximum absolute atomic E-state index is 12.3. The lowest BCUT2D eigenvalue weighted by atomic mass is 9.55. The Balaban J connectivity index is 1.75. The summed E-state index contributed by atoms with van der Waals surface area (Å²) in [6.07, 6.45) is 6.09. The molecule has 0 bridgehead atoms. The average Bonchev–Trinajstić information content (AvgIpc) is 2.76. The fourth-order valence-electron chi connectivity index (χ4n) is 5.40. The fraction of sp³-hybridized carbons (Fsp3) is 0.611. The highest BCUT2D eigenvalue weighted by molar-refractivity contribution is 5.87. The van der Waals surface area contributed by atoms with E-state index in [2.05, 4.69) is 6.92 Å². The maximum Gasteiger partial charge on any atom is 0.139 e. The van der Waals surface area contributed by atoms with E-state index < -0.39 is 0 Å². The Morgan fingerprint density at radius 2 is 2.05 bits per heavy atom. The number of phenolic OH excluding ortho intramolecular Hbond substituents is 1. The molecule has 0 radical (unpaired) electrons. The van der Waals surface area contributed by atoms with Crippen LogP contribution < -0.4 is 5.73 Å². The molecule has 0 aromatic heterocycles. The first kappa shape index (κ1) is 13.2. The van der Waals surface area contributed by atoms with Crippen molar-refractivity contribution in [3.8, 4) is 5.75 Å². The van der Waals surface area contributed by atoms with Crippen LogP contribution in [-0.2, 0) is 11.2 Å². The molecule has 3 N–H and O–H groups in total. The van der Waals surface area contributed by atoms with Gasteiger partial charge in [-0.2, -0.15) is 0 Å². The number of ketones is 1. The number of phenols is 1. The number of hydrogen-bond donors (Lipinski definition) is 2. The third-order valence-corrected chi connectivity index (χ3v) is 6.58. The molecule has 0 spiro atoms. The summed E-state index contributed by atoms with van der Waals surface area (Å²) in [6.45, 7) is 2.20. The van der Waals surface area contributed by atoms with E-state index in [-0.39, 0.29) is 11.2 Å². The van der Waals surface area contributed by atoms with E-state index in [4.69, 9.17) is 5.73 Å². The molecule has 1 aromatic carbocycles. The van der Waals surface area contributed by atoms with Gasteiger partial charge in [-0.1, -0.05) is 6.92 Å². The van der Waals surface area contributed by atoms with Crippen LogP contribution in [0.15, 0.2) is 12.1 Å². The SMILES string of the molecule is C[C@]12CCC3c4cc(N)c(O)cc4CCC3C1CCC2=O. The molecule has 0 saturated heterocycles. The van der Waals surface area contributed by atoms with Gasteiger partial charge in [0.2, 0.25) is 0 Å². The summed E-state index contributed by atoms with van der Waals surface area (Å²) < 4.78 is 0. The van der Waals surface area contributed by atoms with E-state index in [0.717, 1.165) is 38.5 Å². The summed E-state index contributed by atoms with van der Waals surface area (Å²) in [4.78, 5) is 12.3. The van der Waals surface area contributed by atoms with Gasteiger partial charge in [0, 0.05) is 11.8 Å². The van der Waals surface area contributed by atoms with Crippen LogP contribution in [0.4, 0.5) is 5.69 Å². The number of Topliss-reactive ketones (excluding diaryl/α,β-unsaturated/α-hetero) is 1. The van der Waals surface area contributed by atoms with Gasteiger partial charge in [0.1, 0.15) is 11.5 Å². The second-order valence-corrected chi connectivity index (χ2v) is 7.44. The van der Waals surface area contributed by atoms with Crippen LogP contribution in [0.1, 0.15) is 56.1 Å². The van der Waals surface area contributed by atoms with Gasteiger partial charge in [0.15, 0.2) is 0 Å². The minimum absolute atomic E-state index is 0.0683. The summed E-state index contributed by atoms with van der Waals surface area (Å²) in [7, 11) is 0. The highest BCUT2D eigenvalue weighted by Gasteiger charge is 2.54. The Morgan fingerprint density at radius 1 is 1.24 bits per heavy atom. The molecule has 0 heterocycles. The molecule has 3 aliphatic carbocycles. The number of nitrogens with two attached hydrogens (primary N) is 1. The number of benzene rings is 1. The lowest BCUT2D eigenvalue weighted by molar-refractivity contribution is -0.129. The van der Waals surface area contributed by atoms with Crippen LogP contribution in [0.2, 0.25) is 0 Å². The van der Waals surface area contributed by atoms with Crippen LogP contribution in [0.3, 0.4) is 0 Å². The van der Waals surface area contributed by atoms with Gasteiger partial charge >= 0.3 is 0 Å². The molecule has 3 nitrogen and oxygen atoms in total. The molecule has 1 aromatic rings. The predicted octanol–water partition coefficient (Wildman–Crippen LogP) is 3.40. The highest BCUT2D eigenvalue weighted by Crippen LogP contribution is 2.59. The van der Waals surface area contributed by atoms with E-state index in [1.807, 2.05) is 12.1 Å². The van der Waals surface area contributed by atoms with Crippen LogP contribution >= 0.6 is 0 Å². The van der Waals surface area contributed by atoms with E-state index in [0.29, 0.717) is 29.2 Å². The molecule has 2 fully saturated rings. The molecular weight excluding hydrogens is 262 g/mol. The molecule has 0 amide bonds. The van der Waals surface area contributed by atoms with Crippen molar-refractivity contribution in [2.45, 2.75) is 51.4 Å². The number of anilines is 1. The van der Waals surface area contributed by atoms with E-state index >= 15 is 0 Å². The monoisotopic (exact) mass is 285 g/mol. The van der Waals surface area contributed by atoms with Crippen molar-refractivity contribution in [3.05, 3.63) is 23.3 Å². The number of aromatic hydroxyl groups is 1. The second-order valence-electron chi connectivity index (χ2n) is 7.44. The predicted molar refractivity (Wildman–Crippen MR) is 82.1 cm³/mol. The number of hydrogen-bond acceptors (Lipinski definition) is 3. The molecule has 3 aliphatic rings. The Bertz CT molecular complexity index is 624. The highest BCUT2D eigenvalue weighted by atomic mass is 16.3. The number of carbonyl (C=O) groups is 1. The molecule has 112 valence electrons. The summed E-state index contributed by atoms with van der Waals surface area (Å²) >= 11 is 0. The molecule has 2 saturated carbocycles. The van der Waals surface area contributed by atoms with Crippen LogP contribution in [0.25, 0.3) is 0 Å². The van der Waals surface area contributed by atoms with Gasteiger partial charge in [-0.05, 0) is 73.1 Å². The quantitative estimate of drug-likeness (QED) is 0.567. The second kappa shape index (κ2) is 4.25. The van der Waals surface area contributed by atoms with Crippen molar-refractivity contribution in [2.75, 3.05) is 5.73 Å². The van der Waals surface area contributed by atoms with Crippen LogP contribution in [0.5, 0.6) is 5.75 Å². The lowest BCUT2D eigenvalue weighted by Gasteiger charge is -2.48. The largest absolute Gasteiger partial charge is 0.506 e. The first-order valence-electron chi connectivity index (χ1n) is 8.15. The fourth-order valence-corrected chi connectivity index (χ4v) is 5.40. The first-order chi connectivity index (χ1) is 10.0. The number of rotatable bonds is 0.